The lowest BCUT2D eigenvalue weighted by molar-refractivity contribution is 0.334. The van der Waals surface area contributed by atoms with E-state index in [4.69, 9.17) is 4.74 Å². The van der Waals surface area contributed by atoms with Gasteiger partial charge in [0.2, 0.25) is 0 Å². The topological polar surface area (TPSA) is 21.3 Å². The zero-order chi connectivity index (χ0) is 15.8. The predicted molar refractivity (Wildman–Crippen MR) is 104 cm³/mol. The van der Waals surface area contributed by atoms with Gasteiger partial charge in [-0.25, -0.2) is 0 Å². The number of hydrogen-bond acceptors (Lipinski definition) is 2. The quantitative estimate of drug-likeness (QED) is 0.644. The molecular weight excluding hydrogens is 374 g/mol. The van der Waals surface area contributed by atoms with Gasteiger partial charge in [-0.2, -0.15) is 0 Å². The zero-order valence-corrected chi connectivity index (χ0v) is 16.1. The van der Waals surface area contributed by atoms with E-state index < -0.39 is 0 Å². The Morgan fingerprint density at radius 1 is 1.13 bits per heavy atom. The van der Waals surface area contributed by atoms with E-state index in [2.05, 4.69) is 64.6 Å². The number of nitrogens with one attached hydrogen (secondary N) is 1. The first-order valence-electron chi connectivity index (χ1n) is 7.87. The van der Waals surface area contributed by atoms with Crippen LogP contribution in [0.25, 0.3) is 0 Å². The van der Waals surface area contributed by atoms with Crippen molar-refractivity contribution in [1.29, 1.82) is 0 Å². The second-order valence-corrected chi connectivity index (χ2v) is 6.41. The van der Waals surface area contributed by atoms with Gasteiger partial charge >= 0.3 is 0 Å². The Morgan fingerprint density at radius 3 is 2.57 bits per heavy atom. The first kappa shape index (κ1) is 20.0. The van der Waals surface area contributed by atoms with Crippen molar-refractivity contribution in [2.24, 2.45) is 0 Å². The monoisotopic (exact) mass is 397 g/mol. The summed E-state index contributed by atoms with van der Waals surface area (Å²) < 4.78 is 6.78. The highest BCUT2D eigenvalue weighted by Gasteiger charge is 2.07. The van der Waals surface area contributed by atoms with Crippen molar-refractivity contribution < 1.29 is 4.74 Å². The standard InChI is InChI=1S/C19H24BrNO.ClH/c1-3-22-19-12-11-18(20)13-17(19)14-21-15(2)9-10-16-7-5-4-6-8-16;/h4-8,11-13,15,21H,3,9-10,14H2,1-2H3;1H. The van der Waals surface area contributed by atoms with Gasteiger partial charge in [-0.15, -0.1) is 12.4 Å². The van der Waals surface area contributed by atoms with Gasteiger partial charge in [-0.1, -0.05) is 46.3 Å². The van der Waals surface area contributed by atoms with Crippen LogP contribution in [-0.4, -0.2) is 12.6 Å². The molecule has 0 aliphatic heterocycles. The maximum absolute atomic E-state index is 5.69. The van der Waals surface area contributed by atoms with E-state index in [1.54, 1.807) is 0 Å². The average Bonchev–Trinajstić information content (AvgIpc) is 2.54. The molecule has 2 nitrogen and oxygen atoms in total. The van der Waals surface area contributed by atoms with Crippen molar-refractivity contribution in [2.75, 3.05) is 6.61 Å². The van der Waals surface area contributed by atoms with Crippen molar-refractivity contribution in [3.63, 3.8) is 0 Å². The Labute approximate surface area is 154 Å². The fraction of sp³-hybridized carbons (Fsp3) is 0.368. The van der Waals surface area contributed by atoms with Crippen LogP contribution in [0.4, 0.5) is 0 Å². The third-order valence-corrected chi connectivity index (χ3v) is 4.17. The minimum absolute atomic E-state index is 0. The van der Waals surface area contributed by atoms with Crippen molar-refractivity contribution in [2.45, 2.75) is 39.3 Å². The molecule has 1 atom stereocenters. The summed E-state index contributed by atoms with van der Waals surface area (Å²) >= 11 is 3.53. The van der Waals surface area contributed by atoms with Gasteiger partial charge < -0.3 is 10.1 Å². The molecule has 1 unspecified atom stereocenters. The highest BCUT2D eigenvalue weighted by atomic mass is 79.9. The van der Waals surface area contributed by atoms with Crippen molar-refractivity contribution in [3.05, 3.63) is 64.1 Å². The van der Waals surface area contributed by atoms with Gasteiger partial charge in [0.05, 0.1) is 6.61 Å². The molecule has 0 aliphatic rings. The summed E-state index contributed by atoms with van der Waals surface area (Å²) in [7, 11) is 0. The number of aryl methyl sites for hydroxylation is 1. The molecule has 2 aromatic rings. The molecular formula is C19H25BrClNO. The van der Waals surface area contributed by atoms with E-state index in [0.717, 1.165) is 29.6 Å². The van der Waals surface area contributed by atoms with E-state index in [1.165, 1.54) is 11.1 Å². The van der Waals surface area contributed by atoms with Crippen LogP contribution in [0.2, 0.25) is 0 Å². The fourth-order valence-corrected chi connectivity index (χ4v) is 2.81. The Morgan fingerprint density at radius 2 is 1.87 bits per heavy atom. The number of rotatable bonds is 8. The highest BCUT2D eigenvalue weighted by Crippen LogP contribution is 2.23. The molecule has 0 amide bonds. The van der Waals surface area contributed by atoms with Crippen LogP contribution in [0.3, 0.4) is 0 Å². The lowest BCUT2D eigenvalue weighted by atomic mass is 10.1. The van der Waals surface area contributed by atoms with E-state index in [1.807, 2.05) is 19.1 Å². The van der Waals surface area contributed by atoms with E-state index in [-0.39, 0.29) is 12.4 Å². The van der Waals surface area contributed by atoms with E-state index in [9.17, 15) is 0 Å². The normalized spacial score (nSPS) is 11.6. The van der Waals surface area contributed by atoms with Crippen LogP contribution in [0, 0.1) is 0 Å². The second-order valence-electron chi connectivity index (χ2n) is 5.49. The van der Waals surface area contributed by atoms with Crippen LogP contribution in [-0.2, 0) is 13.0 Å². The van der Waals surface area contributed by atoms with Crippen LogP contribution in [0.15, 0.2) is 53.0 Å². The summed E-state index contributed by atoms with van der Waals surface area (Å²) in [5.74, 6) is 0.966. The van der Waals surface area contributed by atoms with E-state index in [0.29, 0.717) is 12.6 Å². The van der Waals surface area contributed by atoms with Crippen LogP contribution >= 0.6 is 28.3 Å². The first-order valence-corrected chi connectivity index (χ1v) is 8.67. The van der Waals surface area contributed by atoms with Crippen LogP contribution in [0.5, 0.6) is 5.75 Å². The first-order chi connectivity index (χ1) is 10.7. The molecule has 0 radical (unpaired) electrons. The van der Waals surface area contributed by atoms with Gasteiger partial charge in [0.15, 0.2) is 0 Å². The largest absolute Gasteiger partial charge is 0.494 e. The lowest BCUT2D eigenvalue weighted by Gasteiger charge is -2.16. The van der Waals surface area contributed by atoms with Crippen molar-refractivity contribution in [1.82, 2.24) is 5.32 Å². The van der Waals surface area contributed by atoms with Gasteiger partial charge in [0.25, 0.3) is 0 Å². The molecule has 4 heteroatoms. The molecule has 0 bridgehead atoms. The van der Waals surface area contributed by atoms with E-state index >= 15 is 0 Å². The second kappa shape index (κ2) is 10.7. The molecule has 0 fully saturated rings. The average molecular weight is 399 g/mol. The molecule has 0 saturated heterocycles. The summed E-state index contributed by atoms with van der Waals surface area (Å²) in [6, 6.07) is 17.3. The summed E-state index contributed by atoms with van der Waals surface area (Å²) in [4.78, 5) is 0. The molecule has 2 aromatic carbocycles. The van der Waals surface area contributed by atoms with Gasteiger partial charge in [0, 0.05) is 22.6 Å². The minimum Gasteiger partial charge on any atom is -0.494 e. The zero-order valence-electron chi connectivity index (χ0n) is 13.7. The maximum Gasteiger partial charge on any atom is 0.123 e. The van der Waals surface area contributed by atoms with Crippen LogP contribution < -0.4 is 10.1 Å². The fourth-order valence-electron chi connectivity index (χ4n) is 2.40. The Kier molecular flexibility index (Phi) is 9.30. The highest BCUT2D eigenvalue weighted by molar-refractivity contribution is 9.10. The Hall–Kier alpha value is -1.03. The summed E-state index contributed by atoms with van der Waals surface area (Å²) in [5.41, 5.74) is 2.59. The molecule has 0 heterocycles. The molecule has 0 saturated carbocycles. The number of benzene rings is 2. The molecule has 0 aromatic heterocycles. The van der Waals surface area contributed by atoms with Crippen LogP contribution in [0.1, 0.15) is 31.4 Å². The summed E-state index contributed by atoms with van der Waals surface area (Å²) in [5, 5.41) is 3.59. The molecule has 1 N–H and O–H groups in total. The summed E-state index contributed by atoms with van der Waals surface area (Å²) in [6.45, 7) is 5.77. The maximum atomic E-state index is 5.69. The molecule has 2 rings (SSSR count). The lowest BCUT2D eigenvalue weighted by Crippen LogP contribution is -2.26. The number of halogens is 2. The number of hydrogen-bond donors (Lipinski definition) is 1. The predicted octanol–water partition coefficient (Wildman–Crippen LogP) is 5.38. The number of ether oxygens (including phenoxy) is 1. The van der Waals surface area contributed by atoms with Crippen molar-refractivity contribution in [3.8, 4) is 5.75 Å². The minimum atomic E-state index is 0. The Bertz CT molecular complexity index is 577. The van der Waals surface area contributed by atoms with Gasteiger partial charge in [-0.3, -0.25) is 0 Å². The molecule has 126 valence electrons. The summed E-state index contributed by atoms with van der Waals surface area (Å²) in [6.07, 6.45) is 2.23. The smallest absolute Gasteiger partial charge is 0.123 e. The van der Waals surface area contributed by atoms with Gasteiger partial charge in [-0.05, 0) is 50.5 Å². The molecule has 0 spiro atoms. The third kappa shape index (κ3) is 6.94. The van der Waals surface area contributed by atoms with Crippen molar-refractivity contribution >= 4 is 28.3 Å². The molecule has 0 aliphatic carbocycles. The SMILES string of the molecule is CCOc1ccc(Br)cc1CNC(C)CCc1ccccc1.Cl. The van der Waals surface area contributed by atoms with Gasteiger partial charge in [0.1, 0.15) is 5.75 Å². The molecule has 23 heavy (non-hydrogen) atoms. The Balaban J connectivity index is 0.00000264. The third-order valence-electron chi connectivity index (χ3n) is 3.67.